The second kappa shape index (κ2) is 8.49. The van der Waals surface area contributed by atoms with Gasteiger partial charge in [-0.25, -0.2) is 4.98 Å². The smallest absolute Gasteiger partial charge is 0.472 e. The van der Waals surface area contributed by atoms with Gasteiger partial charge < -0.3 is 24.1 Å². The van der Waals surface area contributed by atoms with Crippen LogP contribution in [0.25, 0.3) is 0 Å². The molecule has 4 rings (SSSR count). The maximum Gasteiger partial charge on any atom is 0.494 e. The zero-order valence-corrected chi connectivity index (χ0v) is 19.1. The van der Waals surface area contributed by atoms with Crippen molar-refractivity contribution in [2.75, 3.05) is 18.0 Å². The number of pyridine rings is 1. The largest absolute Gasteiger partial charge is 0.494 e. The first-order valence-electron chi connectivity index (χ1n) is 10.9. The van der Waals surface area contributed by atoms with E-state index < -0.39 is 30.1 Å². The van der Waals surface area contributed by atoms with E-state index in [0.717, 1.165) is 29.0 Å². The molecule has 6 nitrogen and oxygen atoms in total. The van der Waals surface area contributed by atoms with Crippen LogP contribution in [0, 0.1) is 0 Å². The monoisotopic (exact) mass is 464 g/mol. The van der Waals surface area contributed by atoms with E-state index in [4.69, 9.17) is 14.0 Å². The number of ether oxygens (including phenoxy) is 1. The number of aliphatic hydroxyl groups is 1. The highest BCUT2D eigenvalue weighted by Gasteiger charge is 2.51. The van der Waals surface area contributed by atoms with E-state index in [1.165, 1.54) is 6.07 Å². The number of halogens is 3. The quantitative estimate of drug-likeness (QED) is 0.684. The van der Waals surface area contributed by atoms with E-state index in [1.807, 2.05) is 45.9 Å². The number of rotatable bonds is 5. The fourth-order valence-corrected chi connectivity index (χ4v) is 4.00. The third-order valence-electron chi connectivity index (χ3n) is 6.64. The summed E-state index contributed by atoms with van der Waals surface area (Å²) in [5.41, 5.74) is 0.739. The van der Waals surface area contributed by atoms with E-state index in [1.54, 1.807) is 0 Å². The predicted octanol–water partition coefficient (Wildman–Crippen LogP) is 3.55. The molecule has 10 heteroatoms. The number of nitrogens with zero attached hydrogens (tertiary/aromatic N) is 2. The summed E-state index contributed by atoms with van der Waals surface area (Å²) >= 11 is 0. The first kappa shape index (κ1) is 23.8. The van der Waals surface area contributed by atoms with Crippen LogP contribution < -0.4 is 15.1 Å². The van der Waals surface area contributed by atoms with Crippen LogP contribution in [0.4, 0.5) is 18.9 Å². The fraction of sp³-hybridized carbons (Fsp3) is 0.522. The lowest BCUT2D eigenvalue weighted by molar-refractivity contribution is -0.137. The molecule has 1 N–H and O–H groups in total. The third kappa shape index (κ3) is 4.83. The summed E-state index contributed by atoms with van der Waals surface area (Å²) in [6, 6.07) is 7.97. The van der Waals surface area contributed by atoms with Gasteiger partial charge >= 0.3 is 13.3 Å². The molecule has 1 atom stereocenters. The third-order valence-corrected chi connectivity index (χ3v) is 6.64. The summed E-state index contributed by atoms with van der Waals surface area (Å²) in [5, 5.41) is 10.0. The molecule has 178 valence electrons. The van der Waals surface area contributed by atoms with Gasteiger partial charge in [-0.3, -0.25) is 0 Å². The molecule has 2 aromatic rings. The van der Waals surface area contributed by atoms with Crippen LogP contribution in [0.3, 0.4) is 0 Å². The van der Waals surface area contributed by atoms with Crippen LogP contribution in [-0.2, 0) is 22.1 Å². The van der Waals surface area contributed by atoms with Crippen molar-refractivity contribution < 1.29 is 32.3 Å². The minimum Gasteiger partial charge on any atom is -0.472 e. The standard InChI is InChI=1S/C23H28BF3N2O4/c1-21(2)22(3,4)33-24(32-21)17-6-7-19(15(11-17)14-30)29-10-9-18(13-29)31-20-8-5-16(12-28-20)23(25,26)27/h5-8,11-12,18,30H,9-10,13-14H2,1-4H3/t18-/m0/s1. The van der Waals surface area contributed by atoms with Crippen molar-refractivity contribution >= 4 is 18.3 Å². The summed E-state index contributed by atoms with van der Waals surface area (Å²) in [5.74, 6) is 0.160. The van der Waals surface area contributed by atoms with Crippen LogP contribution >= 0.6 is 0 Å². The van der Waals surface area contributed by atoms with Crippen molar-refractivity contribution in [3.05, 3.63) is 47.7 Å². The molecule has 2 aliphatic rings. The van der Waals surface area contributed by atoms with Crippen molar-refractivity contribution in [2.45, 2.75) is 64.2 Å². The number of anilines is 1. The van der Waals surface area contributed by atoms with E-state index in [0.29, 0.717) is 19.5 Å². The number of aliphatic hydroxyl groups excluding tert-OH is 1. The first-order chi connectivity index (χ1) is 15.4. The Balaban J connectivity index is 1.43. The molecule has 3 heterocycles. The van der Waals surface area contributed by atoms with E-state index in [2.05, 4.69) is 9.88 Å². The van der Waals surface area contributed by atoms with Crippen LogP contribution in [0.1, 0.15) is 45.2 Å². The van der Waals surface area contributed by atoms with Gasteiger partial charge in [0.2, 0.25) is 5.88 Å². The average molecular weight is 464 g/mol. The van der Waals surface area contributed by atoms with Crippen LogP contribution in [-0.4, -0.2) is 47.6 Å². The van der Waals surface area contributed by atoms with E-state index in [9.17, 15) is 18.3 Å². The maximum atomic E-state index is 12.7. The summed E-state index contributed by atoms with van der Waals surface area (Å²) in [6.45, 7) is 9.04. The van der Waals surface area contributed by atoms with Gasteiger partial charge in [0.05, 0.1) is 29.9 Å². The Morgan fingerprint density at radius 1 is 1.15 bits per heavy atom. The molecule has 0 radical (unpaired) electrons. The predicted molar refractivity (Wildman–Crippen MR) is 119 cm³/mol. The SMILES string of the molecule is CC1(C)OB(c2ccc(N3CC[C@H](Oc4ccc(C(F)(F)F)cn4)C3)c(CO)c2)OC1(C)C. The van der Waals surface area contributed by atoms with E-state index in [-0.39, 0.29) is 18.6 Å². The van der Waals surface area contributed by atoms with Gasteiger partial charge in [0.25, 0.3) is 0 Å². The molecule has 2 fully saturated rings. The summed E-state index contributed by atoms with van der Waals surface area (Å²) in [7, 11) is -0.519. The number of hydrogen-bond donors (Lipinski definition) is 1. The Morgan fingerprint density at radius 2 is 1.85 bits per heavy atom. The molecule has 1 aromatic heterocycles. The molecule has 33 heavy (non-hydrogen) atoms. The van der Waals surface area contributed by atoms with Gasteiger partial charge in [0.1, 0.15) is 6.10 Å². The Hall–Kier alpha value is -2.30. The lowest BCUT2D eigenvalue weighted by Gasteiger charge is -2.32. The fourth-order valence-electron chi connectivity index (χ4n) is 4.00. The van der Waals surface area contributed by atoms with Crippen molar-refractivity contribution in [3.8, 4) is 5.88 Å². The van der Waals surface area contributed by atoms with Gasteiger partial charge in [-0.15, -0.1) is 0 Å². The number of aromatic nitrogens is 1. The second-order valence-corrected chi connectivity index (χ2v) is 9.49. The number of alkyl halides is 3. The summed E-state index contributed by atoms with van der Waals surface area (Å²) in [6.07, 6.45) is -3.18. The van der Waals surface area contributed by atoms with Crippen LogP contribution in [0.2, 0.25) is 0 Å². The van der Waals surface area contributed by atoms with Crippen molar-refractivity contribution in [2.24, 2.45) is 0 Å². The highest BCUT2D eigenvalue weighted by molar-refractivity contribution is 6.62. The van der Waals surface area contributed by atoms with Gasteiger partial charge in [0, 0.05) is 36.5 Å². The van der Waals surface area contributed by atoms with Gasteiger partial charge in [0.15, 0.2) is 0 Å². The molecule has 0 aliphatic carbocycles. The minimum atomic E-state index is -4.43. The minimum absolute atomic E-state index is 0.148. The second-order valence-electron chi connectivity index (χ2n) is 9.49. The summed E-state index contributed by atoms with van der Waals surface area (Å²) < 4.78 is 56.2. The average Bonchev–Trinajstić information content (AvgIpc) is 3.28. The Kier molecular flexibility index (Phi) is 6.13. The molecular weight excluding hydrogens is 436 g/mol. The van der Waals surface area contributed by atoms with Crippen LogP contribution in [0.5, 0.6) is 5.88 Å². The topological polar surface area (TPSA) is 64.1 Å². The highest BCUT2D eigenvalue weighted by atomic mass is 19.4. The van der Waals surface area contributed by atoms with Crippen molar-refractivity contribution in [3.63, 3.8) is 0 Å². The molecule has 2 saturated heterocycles. The molecule has 0 amide bonds. The lowest BCUT2D eigenvalue weighted by atomic mass is 9.78. The number of hydrogen-bond acceptors (Lipinski definition) is 6. The van der Waals surface area contributed by atoms with Crippen LogP contribution in [0.15, 0.2) is 36.5 Å². The Morgan fingerprint density at radius 3 is 2.42 bits per heavy atom. The molecule has 0 bridgehead atoms. The molecule has 0 unspecified atom stereocenters. The zero-order chi connectivity index (χ0) is 24.0. The summed E-state index contributed by atoms with van der Waals surface area (Å²) in [4.78, 5) is 5.88. The van der Waals surface area contributed by atoms with Crippen molar-refractivity contribution in [1.82, 2.24) is 4.98 Å². The Bertz CT molecular complexity index is 982. The Labute approximate surface area is 191 Å². The van der Waals surface area contributed by atoms with Gasteiger partial charge in [-0.05, 0) is 45.3 Å². The lowest BCUT2D eigenvalue weighted by Crippen LogP contribution is -2.41. The maximum absolute atomic E-state index is 12.7. The molecular formula is C23H28BF3N2O4. The van der Waals surface area contributed by atoms with E-state index >= 15 is 0 Å². The molecule has 2 aliphatic heterocycles. The molecule has 1 aromatic carbocycles. The van der Waals surface area contributed by atoms with Crippen molar-refractivity contribution in [1.29, 1.82) is 0 Å². The van der Waals surface area contributed by atoms with Gasteiger partial charge in [-0.2, -0.15) is 13.2 Å². The zero-order valence-electron chi connectivity index (χ0n) is 19.1. The number of benzene rings is 1. The highest BCUT2D eigenvalue weighted by Crippen LogP contribution is 2.37. The normalized spacial score (nSPS) is 22.1. The molecule has 0 spiro atoms. The first-order valence-corrected chi connectivity index (χ1v) is 10.9. The van der Waals surface area contributed by atoms with Gasteiger partial charge in [-0.1, -0.05) is 12.1 Å². The molecule has 0 saturated carbocycles.